The lowest BCUT2D eigenvalue weighted by Gasteiger charge is -2.43. The molecule has 3 aromatic rings. The first-order valence-corrected chi connectivity index (χ1v) is 11.5. The van der Waals surface area contributed by atoms with E-state index in [9.17, 15) is 9.59 Å². The number of pyridine rings is 1. The van der Waals surface area contributed by atoms with Gasteiger partial charge in [-0.1, -0.05) is 60.7 Å². The molecule has 5 heteroatoms. The van der Waals surface area contributed by atoms with Crippen LogP contribution in [0.1, 0.15) is 24.0 Å². The first-order chi connectivity index (χ1) is 16.0. The molecule has 2 heterocycles. The summed E-state index contributed by atoms with van der Waals surface area (Å²) in [6, 6.07) is 22.0. The van der Waals surface area contributed by atoms with E-state index in [1.165, 1.54) is 0 Å². The van der Waals surface area contributed by atoms with Gasteiger partial charge in [-0.15, -0.1) is 0 Å². The van der Waals surface area contributed by atoms with Gasteiger partial charge in [0.05, 0.1) is 11.8 Å². The van der Waals surface area contributed by atoms with E-state index in [1.807, 2.05) is 79.8 Å². The molecule has 170 valence electrons. The fourth-order valence-corrected chi connectivity index (χ4v) is 4.94. The molecule has 33 heavy (non-hydrogen) atoms. The largest absolute Gasteiger partial charge is 0.348 e. The Morgan fingerprint density at radius 2 is 1.76 bits per heavy atom. The van der Waals surface area contributed by atoms with Gasteiger partial charge in [-0.3, -0.25) is 14.6 Å². The standard InChI is InChI=1S/C28H31N3O2/c1-30(2)27(33)28(19-23-12-6-7-14-25(23)24-13-8-16-29-20-24)15-9-17-31(21-28)26(32)18-22-10-4-3-5-11-22/h3-8,10-14,16,20H,9,15,17-19,21H2,1-2H3/t28-/m1/s1. The average Bonchev–Trinajstić information content (AvgIpc) is 2.85. The zero-order valence-electron chi connectivity index (χ0n) is 19.4. The minimum absolute atomic E-state index is 0.0809. The molecule has 2 aromatic carbocycles. The quantitative estimate of drug-likeness (QED) is 0.575. The zero-order chi connectivity index (χ0) is 23.3. The second-order valence-corrected chi connectivity index (χ2v) is 9.14. The summed E-state index contributed by atoms with van der Waals surface area (Å²) < 4.78 is 0. The topological polar surface area (TPSA) is 53.5 Å². The molecular formula is C28H31N3O2. The summed E-state index contributed by atoms with van der Waals surface area (Å²) in [7, 11) is 3.61. The normalized spacial score (nSPS) is 18.1. The first-order valence-electron chi connectivity index (χ1n) is 11.5. The summed E-state index contributed by atoms with van der Waals surface area (Å²) in [5.41, 5.74) is 3.59. The highest BCUT2D eigenvalue weighted by atomic mass is 16.2. The van der Waals surface area contributed by atoms with Crippen molar-refractivity contribution in [1.29, 1.82) is 0 Å². The van der Waals surface area contributed by atoms with Crippen LogP contribution in [0.15, 0.2) is 79.1 Å². The molecule has 0 N–H and O–H groups in total. The van der Waals surface area contributed by atoms with Gasteiger partial charge in [0.2, 0.25) is 11.8 Å². The van der Waals surface area contributed by atoms with E-state index in [2.05, 4.69) is 17.1 Å². The van der Waals surface area contributed by atoms with Crippen LogP contribution >= 0.6 is 0 Å². The Balaban J connectivity index is 1.64. The molecule has 1 atom stereocenters. The maximum absolute atomic E-state index is 13.6. The third kappa shape index (κ3) is 5.14. The molecule has 0 saturated carbocycles. The smallest absolute Gasteiger partial charge is 0.230 e. The van der Waals surface area contributed by atoms with Crippen LogP contribution in [-0.2, 0) is 22.4 Å². The maximum atomic E-state index is 13.6. The van der Waals surface area contributed by atoms with Crippen molar-refractivity contribution in [2.45, 2.75) is 25.7 Å². The molecule has 0 spiro atoms. The molecule has 4 rings (SSSR count). The molecule has 0 aliphatic carbocycles. The Kier molecular flexibility index (Phi) is 6.87. The minimum atomic E-state index is -0.646. The Morgan fingerprint density at radius 3 is 2.48 bits per heavy atom. The van der Waals surface area contributed by atoms with Gasteiger partial charge in [-0.05, 0) is 42.0 Å². The third-order valence-electron chi connectivity index (χ3n) is 6.51. The molecular weight excluding hydrogens is 410 g/mol. The number of carbonyl (C=O) groups excluding carboxylic acids is 2. The van der Waals surface area contributed by atoms with Crippen molar-refractivity contribution in [3.05, 3.63) is 90.3 Å². The first kappa shape index (κ1) is 22.7. The molecule has 0 unspecified atom stereocenters. The van der Waals surface area contributed by atoms with Crippen LogP contribution in [0.5, 0.6) is 0 Å². The van der Waals surface area contributed by atoms with Crippen molar-refractivity contribution in [1.82, 2.24) is 14.8 Å². The highest BCUT2D eigenvalue weighted by molar-refractivity contribution is 5.85. The maximum Gasteiger partial charge on any atom is 0.230 e. The predicted molar refractivity (Wildman–Crippen MR) is 130 cm³/mol. The van der Waals surface area contributed by atoms with Gasteiger partial charge in [-0.25, -0.2) is 0 Å². The van der Waals surface area contributed by atoms with Crippen molar-refractivity contribution in [3.8, 4) is 11.1 Å². The molecule has 0 bridgehead atoms. The Labute approximate surface area is 196 Å². The number of benzene rings is 2. The fourth-order valence-electron chi connectivity index (χ4n) is 4.94. The molecule has 1 aliphatic heterocycles. The summed E-state index contributed by atoms with van der Waals surface area (Å²) >= 11 is 0. The van der Waals surface area contributed by atoms with Gasteiger partial charge >= 0.3 is 0 Å². The van der Waals surface area contributed by atoms with E-state index in [4.69, 9.17) is 0 Å². The number of likely N-dealkylation sites (tertiary alicyclic amines) is 1. The number of hydrogen-bond acceptors (Lipinski definition) is 3. The monoisotopic (exact) mass is 441 g/mol. The highest BCUT2D eigenvalue weighted by Crippen LogP contribution is 2.38. The van der Waals surface area contributed by atoms with E-state index in [1.54, 1.807) is 11.1 Å². The van der Waals surface area contributed by atoms with Gasteiger partial charge in [0.25, 0.3) is 0 Å². The van der Waals surface area contributed by atoms with Crippen LogP contribution in [-0.4, -0.2) is 53.8 Å². The highest BCUT2D eigenvalue weighted by Gasteiger charge is 2.44. The minimum Gasteiger partial charge on any atom is -0.348 e. The Morgan fingerprint density at radius 1 is 1.00 bits per heavy atom. The van der Waals surface area contributed by atoms with Crippen molar-refractivity contribution in [2.24, 2.45) is 5.41 Å². The van der Waals surface area contributed by atoms with E-state index in [0.717, 1.165) is 35.1 Å². The lowest BCUT2D eigenvalue weighted by atomic mass is 9.73. The van der Waals surface area contributed by atoms with Crippen LogP contribution < -0.4 is 0 Å². The predicted octanol–water partition coefficient (Wildman–Crippen LogP) is 4.23. The van der Waals surface area contributed by atoms with Crippen LogP contribution in [0.3, 0.4) is 0 Å². The molecule has 1 aliphatic rings. The van der Waals surface area contributed by atoms with E-state index < -0.39 is 5.41 Å². The summed E-state index contributed by atoms with van der Waals surface area (Å²) in [4.78, 5) is 34.6. The van der Waals surface area contributed by atoms with Crippen molar-refractivity contribution >= 4 is 11.8 Å². The van der Waals surface area contributed by atoms with E-state index >= 15 is 0 Å². The SMILES string of the molecule is CN(C)C(=O)[C@@]1(Cc2ccccc2-c2cccnc2)CCCN(C(=O)Cc2ccccc2)C1. The molecule has 2 amide bonds. The van der Waals surface area contributed by atoms with Crippen LogP contribution in [0.2, 0.25) is 0 Å². The molecule has 1 fully saturated rings. The summed E-state index contributed by atoms with van der Waals surface area (Å²) in [6.07, 6.45) is 6.15. The van der Waals surface area contributed by atoms with Gasteiger partial charge in [0, 0.05) is 45.1 Å². The van der Waals surface area contributed by atoms with Crippen LogP contribution in [0, 0.1) is 5.41 Å². The number of carbonyl (C=O) groups is 2. The van der Waals surface area contributed by atoms with Crippen LogP contribution in [0.25, 0.3) is 11.1 Å². The van der Waals surface area contributed by atoms with Gasteiger partial charge in [0.1, 0.15) is 0 Å². The number of piperidine rings is 1. The Hall–Kier alpha value is -3.47. The van der Waals surface area contributed by atoms with Gasteiger partial charge in [0.15, 0.2) is 0 Å². The molecule has 1 saturated heterocycles. The summed E-state index contributed by atoms with van der Waals surface area (Å²) in [5.74, 6) is 0.165. The second kappa shape index (κ2) is 9.99. The second-order valence-electron chi connectivity index (χ2n) is 9.14. The van der Waals surface area contributed by atoms with Crippen LogP contribution in [0.4, 0.5) is 0 Å². The summed E-state index contributed by atoms with van der Waals surface area (Å²) in [6.45, 7) is 1.13. The molecule has 1 aromatic heterocycles. The summed E-state index contributed by atoms with van der Waals surface area (Å²) in [5, 5.41) is 0. The number of nitrogens with zero attached hydrogens (tertiary/aromatic N) is 3. The van der Waals surface area contributed by atoms with Crippen molar-refractivity contribution in [2.75, 3.05) is 27.2 Å². The number of rotatable bonds is 6. The lowest BCUT2D eigenvalue weighted by molar-refractivity contribution is -0.147. The lowest BCUT2D eigenvalue weighted by Crippen LogP contribution is -2.54. The van der Waals surface area contributed by atoms with E-state index in [-0.39, 0.29) is 11.8 Å². The average molecular weight is 442 g/mol. The van der Waals surface area contributed by atoms with Gasteiger partial charge < -0.3 is 9.80 Å². The van der Waals surface area contributed by atoms with Crippen molar-refractivity contribution in [3.63, 3.8) is 0 Å². The fraction of sp³-hybridized carbons (Fsp3) is 0.321. The van der Waals surface area contributed by atoms with Crippen molar-refractivity contribution < 1.29 is 9.59 Å². The van der Waals surface area contributed by atoms with E-state index in [0.29, 0.717) is 25.9 Å². The Bertz CT molecular complexity index is 1100. The number of amides is 2. The molecule has 0 radical (unpaired) electrons. The third-order valence-corrected chi connectivity index (χ3v) is 6.51. The number of aromatic nitrogens is 1. The van der Waals surface area contributed by atoms with Gasteiger partial charge in [-0.2, -0.15) is 0 Å². The molecule has 5 nitrogen and oxygen atoms in total. The number of hydrogen-bond donors (Lipinski definition) is 0. The zero-order valence-corrected chi connectivity index (χ0v) is 19.4.